The number of hydrogen-bond acceptors (Lipinski definition) is 3. The Morgan fingerprint density at radius 1 is 1.06 bits per heavy atom. The van der Waals surface area contributed by atoms with Crippen LogP contribution in [0.2, 0.25) is 0 Å². The predicted octanol–water partition coefficient (Wildman–Crippen LogP) is 1.16. The first kappa shape index (κ1) is 15.6. The topological polar surface area (TPSA) is 42.5 Å². The van der Waals surface area contributed by atoms with Crippen molar-refractivity contribution in [1.82, 2.24) is 10.6 Å². The van der Waals surface area contributed by atoms with Crippen LogP contribution < -0.4 is 10.6 Å². The Hall–Kier alpha value is -0.390. The normalized spacial score (nSPS) is 14.6. The molecular weight excluding hydrogens is 224 g/mol. The molecule has 0 radical (unpaired) electrons. The van der Waals surface area contributed by atoms with Crippen molar-refractivity contribution in [2.45, 2.75) is 32.9 Å². The van der Waals surface area contributed by atoms with Crippen LogP contribution in [0.3, 0.4) is 0 Å². The lowest BCUT2D eigenvalue weighted by Crippen LogP contribution is -2.49. The van der Waals surface area contributed by atoms with Gasteiger partial charge in [0.15, 0.2) is 5.11 Å². The highest BCUT2D eigenvalue weighted by atomic mass is 32.1. The summed E-state index contributed by atoms with van der Waals surface area (Å²) in [7, 11) is 3.37. The summed E-state index contributed by atoms with van der Waals surface area (Å²) in [5.41, 5.74) is 0. The number of nitrogens with one attached hydrogen (secondary N) is 2. The summed E-state index contributed by atoms with van der Waals surface area (Å²) in [5, 5.41) is 7.06. The van der Waals surface area contributed by atoms with Gasteiger partial charge in [-0.1, -0.05) is 13.8 Å². The summed E-state index contributed by atoms with van der Waals surface area (Å²) in [6.45, 7) is 7.59. The van der Waals surface area contributed by atoms with E-state index in [4.69, 9.17) is 21.7 Å². The maximum atomic E-state index is 5.22. The molecule has 0 spiro atoms. The molecule has 0 heterocycles. The monoisotopic (exact) mass is 248 g/mol. The van der Waals surface area contributed by atoms with Crippen molar-refractivity contribution >= 4 is 17.3 Å². The molecule has 5 heteroatoms. The first-order chi connectivity index (χ1) is 7.51. The van der Waals surface area contributed by atoms with Gasteiger partial charge in [-0.3, -0.25) is 0 Å². The smallest absolute Gasteiger partial charge is 0.166 e. The summed E-state index contributed by atoms with van der Waals surface area (Å²) >= 11 is 5.22. The average molecular weight is 248 g/mol. The molecule has 0 fully saturated rings. The Kier molecular flexibility index (Phi) is 8.51. The highest BCUT2D eigenvalue weighted by molar-refractivity contribution is 7.80. The van der Waals surface area contributed by atoms with Crippen molar-refractivity contribution in [3.05, 3.63) is 0 Å². The molecule has 0 bridgehead atoms. The van der Waals surface area contributed by atoms with Gasteiger partial charge in [0.25, 0.3) is 0 Å². The van der Waals surface area contributed by atoms with E-state index in [1.54, 1.807) is 14.2 Å². The fourth-order valence-electron chi connectivity index (χ4n) is 1.31. The van der Waals surface area contributed by atoms with E-state index in [1.165, 1.54) is 0 Å². The Morgan fingerprint density at radius 2 is 1.62 bits per heavy atom. The average Bonchev–Trinajstić information content (AvgIpc) is 2.16. The molecule has 16 heavy (non-hydrogen) atoms. The van der Waals surface area contributed by atoms with Crippen LogP contribution in [0.5, 0.6) is 0 Å². The van der Waals surface area contributed by atoms with Gasteiger partial charge >= 0.3 is 0 Å². The summed E-state index contributed by atoms with van der Waals surface area (Å²) in [5.74, 6) is 0.470. The minimum Gasteiger partial charge on any atom is -0.383 e. The molecule has 96 valence electrons. The Bertz CT molecular complexity index is 200. The molecule has 0 rings (SSSR count). The molecule has 0 aliphatic heterocycles. The number of rotatable bonds is 7. The maximum Gasteiger partial charge on any atom is 0.166 e. The van der Waals surface area contributed by atoms with Crippen LogP contribution in [-0.2, 0) is 9.47 Å². The van der Waals surface area contributed by atoms with Gasteiger partial charge in [-0.05, 0) is 25.1 Å². The van der Waals surface area contributed by atoms with Gasteiger partial charge in [-0.15, -0.1) is 0 Å². The molecule has 0 aromatic heterocycles. The molecule has 0 aromatic carbocycles. The van der Waals surface area contributed by atoms with E-state index >= 15 is 0 Å². The lowest BCUT2D eigenvalue weighted by molar-refractivity contribution is 0.155. The standard InChI is InChI=1S/C11H24N2O2S/c1-8(2)10(7-15-5)13-11(16)12-9(3)6-14-4/h8-10H,6-7H2,1-5H3,(H2,12,13,16). The maximum absolute atomic E-state index is 5.22. The minimum atomic E-state index is 0.209. The molecule has 0 aromatic rings. The quantitative estimate of drug-likeness (QED) is 0.662. The molecule has 2 atom stereocenters. The second kappa shape index (κ2) is 8.73. The Morgan fingerprint density at radius 3 is 2.06 bits per heavy atom. The third-order valence-corrected chi connectivity index (χ3v) is 2.50. The summed E-state index contributed by atoms with van der Waals surface area (Å²) in [4.78, 5) is 0. The molecular formula is C11H24N2O2S. The van der Waals surface area contributed by atoms with E-state index in [9.17, 15) is 0 Å². The summed E-state index contributed by atoms with van der Waals surface area (Å²) < 4.78 is 10.2. The first-order valence-electron chi connectivity index (χ1n) is 5.56. The van der Waals surface area contributed by atoms with Crippen molar-refractivity contribution in [3.63, 3.8) is 0 Å². The number of ether oxygens (including phenoxy) is 2. The van der Waals surface area contributed by atoms with Crippen LogP contribution in [0.15, 0.2) is 0 Å². The van der Waals surface area contributed by atoms with E-state index in [1.807, 2.05) is 6.92 Å². The molecule has 2 N–H and O–H groups in total. The van der Waals surface area contributed by atoms with E-state index in [0.29, 0.717) is 24.2 Å². The lowest BCUT2D eigenvalue weighted by Gasteiger charge is -2.25. The molecule has 0 aliphatic rings. The second-order valence-electron chi connectivity index (χ2n) is 4.28. The molecule has 0 amide bonds. The zero-order valence-corrected chi connectivity index (χ0v) is 11.7. The molecule has 2 unspecified atom stereocenters. The van der Waals surface area contributed by atoms with Crippen LogP contribution in [0, 0.1) is 5.92 Å². The van der Waals surface area contributed by atoms with E-state index in [2.05, 4.69) is 24.5 Å². The SMILES string of the molecule is COCC(C)NC(=S)NC(COC)C(C)C. The molecule has 0 saturated carbocycles. The first-order valence-corrected chi connectivity index (χ1v) is 5.97. The van der Waals surface area contributed by atoms with E-state index in [-0.39, 0.29) is 12.1 Å². The van der Waals surface area contributed by atoms with E-state index < -0.39 is 0 Å². The Balaban J connectivity index is 3.99. The molecule has 0 aliphatic carbocycles. The fraction of sp³-hybridized carbons (Fsp3) is 0.909. The highest BCUT2D eigenvalue weighted by Gasteiger charge is 2.14. The van der Waals surface area contributed by atoms with Gasteiger partial charge in [0.2, 0.25) is 0 Å². The molecule has 0 saturated heterocycles. The lowest BCUT2D eigenvalue weighted by atomic mass is 10.1. The van der Waals surface area contributed by atoms with Gasteiger partial charge < -0.3 is 20.1 Å². The van der Waals surface area contributed by atoms with Crippen molar-refractivity contribution in [1.29, 1.82) is 0 Å². The highest BCUT2D eigenvalue weighted by Crippen LogP contribution is 2.01. The zero-order chi connectivity index (χ0) is 12.6. The van der Waals surface area contributed by atoms with Crippen LogP contribution in [-0.4, -0.2) is 44.6 Å². The van der Waals surface area contributed by atoms with Gasteiger partial charge in [-0.2, -0.15) is 0 Å². The van der Waals surface area contributed by atoms with Crippen molar-refractivity contribution in [2.24, 2.45) is 5.92 Å². The number of hydrogen-bond donors (Lipinski definition) is 2. The fourth-order valence-corrected chi connectivity index (χ4v) is 1.66. The summed E-state index contributed by atoms with van der Waals surface area (Å²) in [6, 6.07) is 0.445. The second-order valence-corrected chi connectivity index (χ2v) is 4.69. The minimum absolute atomic E-state index is 0.209. The number of thiocarbonyl (C=S) groups is 1. The van der Waals surface area contributed by atoms with Crippen molar-refractivity contribution < 1.29 is 9.47 Å². The van der Waals surface area contributed by atoms with Crippen molar-refractivity contribution in [2.75, 3.05) is 27.4 Å². The zero-order valence-electron chi connectivity index (χ0n) is 10.9. The molecule has 4 nitrogen and oxygen atoms in total. The van der Waals surface area contributed by atoms with Crippen molar-refractivity contribution in [3.8, 4) is 0 Å². The third kappa shape index (κ3) is 6.98. The van der Waals surface area contributed by atoms with Gasteiger partial charge in [-0.25, -0.2) is 0 Å². The number of methoxy groups -OCH3 is 2. The Labute approximate surface area is 104 Å². The van der Waals surface area contributed by atoms with Gasteiger partial charge in [0, 0.05) is 20.3 Å². The van der Waals surface area contributed by atoms with Crippen LogP contribution in [0.1, 0.15) is 20.8 Å². The van der Waals surface area contributed by atoms with Gasteiger partial charge in [0.1, 0.15) is 0 Å². The summed E-state index contributed by atoms with van der Waals surface area (Å²) in [6.07, 6.45) is 0. The largest absolute Gasteiger partial charge is 0.383 e. The van der Waals surface area contributed by atoms with Gasteiger partial charge in [0.05, 0.1) is 19.3 Å². The third-order valence-electron chi connectivity index (χ3n) is 2.26. The van der Waals surface area contributed by atoms with Crippen LogP contribution >= 0.6 is 12.2 Å². The predicted molar refractivity (Wildman–Crippen MR) is 70.7 cm³/mol. The van der Waals surface area contributed by atoms with E-state index in [0.717, 1.165) is 0 Å². The van der Waals surface area contributed by atoms with Crippen LogP contribution in [0.4, 0.5) is 0 Å². The van der Waals surface area contributed by atoms with Crippen LogP contribution in [0.25, 0.3) is 0 Å².